The first-order valence-corrected chi connectivity index (χ1v) is 8.91. The zero-order valence-corrected chi connectivity index (χ0v) is 14.3. The molecule has 1 fully saturated rings. The van der Waals surface area contributed by atoms with Gasteiger partial charge >= 0.3 is 0 Å². The van der Waals surface area contributed by atoms with E-state index in [1.54, 1.807) is 6.26 Å². The van der Waals surface area contributed by atoms with Gasteiger partial charge in [-0.05, 0) is 6.26 Å². The fourth-order valence-corrected chi connectivity index (χ4v) is 3.56. The number of fused-ring (bicyclic) bond motifs is 3. The van der Waals surface area contributed by atoms with Gasteiger partial charge in [0.05, 0.1) is 17.4 Å². The van der Waals surface area contributed by atoms with Crippen LogP contribution in [0.5, 0.6) is 0 Å². The molecule has 12 heteroatoms. The van der Waals surface area contributed by atoms with Crippen molar-refractivity contribution in [2.45, 2.75) is 29.7 Å². The Morgan fingerprint density at radius 2 is 2.08 bits per heavy atom. The molecular weight excluding hydrogens is 364 g/mol. The van der Waals surface area contributed by atoms with Crippen LogP contribution in [0.2, 0.25) is 0 Å². The molecule has 0 bridgehead atoms. The second-order valence-corrected chi connectivity index (χ2v) is 6.63. The molecule has 4 atom stereocenters. The van der Waals surface area contributed by atoms with E-state index in [0.717, 1.165) is 0 Å². The summed E-state index contributed by atoms with van der Waals surface area (Å²) >= 11 is 1.23. The van der Waals surface area contributed by atoms with Gasteiger partial charge in [0.25, 0.3) is 5.56 Å². The van der Waals surface area contributed by atoms with E-state index in [-0.39, 0.29) is 27.9 Å². The number of H-pyrrole nitrogens is 1. The molecule has 4 rings (SSSR count). The summed E-state index contributed by atoms with van der Waals surface area (Å²) in [7, 11) is 0. The maximum atomic E-state index is 12.6. The van der Waals surface area contributed by atoms with Crippen LogP contribution in [0.1, 0.15) is 6.23 Å². The lowest BCUT2D eigenvalue weighted by molar-refractivity contribution is -0.0492. The van der Waals surface area contributed by atoms with Crippen molar-refractivity contribution in [1.82, 2.24) is 24.5 Å². The summed E-state index contributed by atoms with van der Waals surface area (Å²) in [6.45, 7) is -0.479. The van der Waals surface area contributed by atoms with Crippen LogP contribution in [0.15, 0.2) is 16.3 Å². The van der Waals surface area contributed by atoms with Crippen LogP contribution in [0.4, 0.5) is 5.82 Å². The lowest BCUT2D eigenvalue weighted by atomic mass is 10.1. The number of aliphatic hydroxyl groups excluding tert-OH is 3. The molecule has 0 aliphatic carbocycles. The minimum atomic E-state index is -1.36. The van der Waals surface area contributed by atoms with Crippen molar-refractivity contribution in [3.63, 3.8) is 0 Å². The van der Waals surface area contributed by atoms with E-state index in [1.165, 1.54) is 22.7 Å². The predicted molar refractivity (Wildman–Crippen MR) is 92.7 cm³/mol. The molecule has 6 N–H and O–H groups in total. The molecule has 1 saturated heterocycles. The molecule has 4 heterocycles. The van der Waals surface area contributed by atoms with Gasteiger partial charge in [-0.3, -0.25) is 9.36 Å². The number of rotatable bonds is 3. The molecular formula is C14H16N6O5S. The molecule has 1 aliphatic rings. The zero-order valence-electron chi connectivity index (χ0n) is 13.5. The quantitative estimate of drug-likeness (QED) is 0.268. The van der Waals surface area contributed by atoms with Gasteiger partial charge in [-0.2, -0.15) is 0 Å². The number of aliphatic hydroxyl groups is 3. The Kier molecular flexibility index (Phi) is 4.08. The highest BCUT2D eigenvalue weighted by Crippen LogP contribution is 2.37. The van der Waals surface area contributed by atoms with E-state index in [4.69, 9.17) is 10.5 Å². The number of aromatic nitrogens is 5. The summed E-state index contributed by atoms with van der Waals surface area (Å²) in [4.78, 5) is 27.7. The number of hydrogen-bond acceptors (Lipinski definition) is 10. The third kappa shape index (κ3) is 2.30. The average molecular weight is 380 g/mol. The maximum absolute atomic E-state index is 12.6. The highest BCUT2D eigenvalue weighted by Gasteiger charge is 2.45. The van der Waals surface area contributed by atoms with Crippen LogP contribution in [0.3, 0.4) is 0 Å². The van der Waals surface area contributed by atoms with Gasteiger partial charge in [0.15, 0.2) is 17.0 Å². The second-order valence-electron chi connectivity index (χ2n) is 5.83. The minimum Gasteiger partial charge on any atom is -0.394 e. The molecule has 1 aliphatic heterocycles. The third-order valence-corrected chi connectivity index (χ3v) is 4.99. The van der Waals surface area contributed by atoms with Crippen LogP contribution in [-0.4, -0.2) is 71.0 Å². The molecule has 138 valence electrons. The summed E-state index contributed by atoms with van der Waals surface area (Å²) in [5.41, 5.74) is 5.94. The SMILES string of the molecule is CSc1nc2c(c(=O)[nH]1)c1c(N)ncnc1n2[C@@H]1O[C@H](CO)[C@@H](O)[C@H]1O. The van der Waals surface area contributed by atoms with Gasteiger partial charge in [0.2, 0.25) is 0 Å². The number of nitrogens with one attached hydrogen (secondary N) is 1. The van der Waals surface area contributed by atoms with Crippen LogP contribution < -0.4 is 11.3 Å². The molecule has 0 saturated carbocycles. The fraction of sp³-hybridized carbons (Fsp3) is 0.429. The first-order valence-electron chi connectivity index (χ1n) is 7.68. The molecule has 3 aromatic rings. The Morgan fingerprint density at radius 1 is 1.31 bits per heavy atom. The van der Waals surface area contributed by atoms with Crippen LogP contribution in [0.25, 0.3) is 22.1 Å². The highest BCUT2D eigenvalue weighted by atomic mass is 32.2. The standard InChI is InChI=1S/C14H16N6O5S/c1-26-14-18-11-6(12(24)19-14)5-9(15)16-3-17-10(5)20(11)13-8(23)7(22)4(2-21)25-13/h3-4,7-8,13,21-23H,2H2,1H3,(H2,15,16,17)(H,18,19,24)/t4-,7-,8-,13-/m1/s1. The smallest absolute Gasteiger partial charge is 0.261 e. The van der Waals surface area contributed by atoms with Crippen molar-refractivity contribution >= 4 is 39.6 Å². The molecule has 0 spiro atoms. The lowest BCUT2D eigenvalue weighted by Crippen LogP contribution is -2.33. The minimum absolute atomic E-state index is 0.0784. The van der Waals surface area contributed by atoms with E-state index in [2.05, 4.69) is 19.9 Å². The van der Waals surface area contributed by atoms with Gasteiger partial charge in [-0.15, -0.1) is 0 Å². The molecule has 0 unspecified atom stereocenters. The zero-order chi connectivity index (χ0) is 18.6. The molecule has 0 aromatic carbocycles. The maximum Gasteiger partial charge on any atom is 0.261 e. The Hall–Kier alpha value is -2.25. The number of hydrogen-bond donors (Lipinski definition) is 5. The largest absolute Gasteiger partial charge is 0.394 e. The second kappa shape index (κ2) is 6.17. The number of nitrogens with zero attached hydrogens (tertiary/aromatic N) is 4. The summed E-state index contributed by atoms with van der Waals surface area (Å²) in [6, 6.07) is 0. The molecule has 11 nitrogen and oxygen atoms in total. The molecule has 3 aromatic heterocycles. The summed E-state index contributed by atoms with van der Waals surface area (Å²) < 4.78 is 7.01. The molecule has 0 amide bonds. The number of aromatic amines is 1. The number of nitrogen functional groups attached to an aromatic ring is 1. The van der Waals surface area contributed by atoms with Gasteiger partial charge in [-0.1, -0.05) is 11.8 Å². The van der Waals surface area contributed by atoms with E-state index in [0.29, 0.717) is 5.16 Å². The fourth-order valence-electron chi connectivity index (χ4n) is 3.18. The van der Waals surface area contributed by atoms with Crippen molar-refractivity contribution in [2.24, 2.45) is 0 Å². The Morgan fingerprint density at radius 3 is 2.73 bits per heavy atom. The van der Waals surface area contributed by atoms with Gasteiger partial charge < -0.3 is 30.8 Å². The Balaban J connectivity index is 2.09. The van der Waals surface area contributed by atoms with E-state index >= 15 is 0 Å². The van der Waals surface area contributed by atoms with Crippen LogP contribution in [-0.2, 0) is 4.74 Å². The average Bonchev–Trinajstić information content (AvgIpc) is 3.11. The topological polar surface area (TPSA) is 172 Å². The normalized spacial score (nSPS) is 26.2. The predicted octanol–water partition coefficient (Wildman–Crippen LogP) is -1.42. The molecule has 0 radical (unpaired) electrons. The summed E-state index contributed by atoms with van der Waals surface area (Å²) in [6.07, 6.45) is -1.79. The first kappa shape index (κ1) is 17.2. The van der Waals surface area contributed by atoms with Crippen molar-refractivity contribution in [1.29, 1.82) is 0 Å². The highest BCUT2D eigenvalue weighted by molar-refractivity contribution is 7.98. The number of anilines is 1. The van der Waals surface area contributed by atoms with Crippen molar-refractivity contribution in [3.8, 4) is 0 Å². The van der Waals surface area contributed by atoms with Crippen molar-refractivity contribution < 1.29 is 20.1 Å². The summed E-state index contributed by atoms with van der Waals surface area (Å²) in [5.74, 6) is 0.0784. The number of ether oxygens (including phenoxy) is 1. The van der Waals surface area contributed by atoms with Crippen molar-refractivity contribution in [3.05, 3.63) is 16.7 Å². The first-order chi connectivity index (χ1) is 12.5. The van der Waals surface area contributed by atoms with Gasteiger partial charge in [-0.25, -0.2) is 15.0 Å². The van der Waals surface area contributed by atoms with E-state index in [1.807, 2.05) is 0 Å². The van der Waals surface area contributed by atoms with E-state index < -0.39 is 36.7 Å². The van der Waals surface area contributed by atoms with E-state index in [9.17, 15) is 20.1 Å². The third-order valence-electron chi connectivity index (χ3n) is 4.41. The van der Waals surface area contributed by atoms with Gasteiger partial charge in [0.1, 0.15) is 36.1 Å². The van der Waals surface area contributed by atoms with Gasteiger partial charge in [0, 0.05) is 0 Å². The number of thioether (sulfide) groups is 1. The summed E-state index contributed by atoms with van der Waals surface area (Å²) in [5, 5.41) is 30.6. The Labute approximate surface area is 149 Å². The van der Waals surface area contributed by atoms with Crippen LogP contribution in [0, 0.1) is 0 Å². The monoisotopic (exact) mass is 380 g/mol. The Bertz CT molecular complexity index is 1050. The number of nitrogens with two attached hydrogens (primary N) is 1. The van der Waals surface area contributed by atoms with Crippen LogP contribution >= 0.6 is 11.8 Å². The lowest BCUT2D eigenvalue weighted by Gasteiger charge is -2.18. The van der Waals surface area contributed by atoms with Crippen molar-refractivity contribution in [2.75, 3.05) is 18.6 Å². The molecule has 26 heavy (non-hydrogen) atoms.